The molecular formula is C25H38N6O8. The Morgan fingerprint density at radius 1 is 0.744 bits per heavy atom. The molecule has 1 aromatic carbocycles. The topological polar surface area (TPSA) is 257 Å². The number of benzene rings is 1. The van der Waals surface area contributed by atoms with E-state index in [0.717, 1.165) is 5.56 Å². The Morgan fingerprint density at radius 3 is 1.82 bits per heavy atom. The van der Waals surface area contributed by atoms with Gasteiger partial charge in [-0.05, 0) is 50.6 Å². The van der Waals surface area contributed by atoms with Crippen LogP contribution in [0.5, 0.6) is 0 Å². The zero-order valence-corrected chi connectivity index (χ0v) is 21.6. The summed E-state index contributed by atoms with van der Waals surface area (Å²) in [6, 6.07) is 4.01. The number of primary amides is 1. The first-order chi connectivity index (χ1) is 18.4. The molecule has 216 valence electrons. The molecule has 0 fully saturated rings. The maximum atomic E-state index is 13.1. The largest absolute Gasteiger partial charge is 0.481 e. The van der Waals surface area contributed by atoms with Crippen LogP contribution in [-0.2, 0) is 35.2 Å². The quantitative estimate of drug-likeness (QED) is 0.0910. The number of aliphatic carboxylic acids is 2. The van der Waals surface area contributed by atoms with Crippen molar-refractivity contribution in [1.29, 1.82) is 0 Å². The monoisotopic (exact) mass is 550 g/mol. The van der Waals surface area contributed by atoms with Crippen molar-refractivity contribution >= 4 is 35.6 Å². The van der Waals surface area contributed by atoms with E-state index in [1.165, 1.54) is 0 Å². The van der Waals surface area contributed by atoms with Crippen LogP contribution in [-0.4, -0.2) is 76.5 Å². The number of nitrogens with two attached hydrogens (primary N) is 3. The molecule has 0 spiro atoms. The summed E-state index contributed by atoms with van der Waals surface area (Å²) in [5.74, 6) is -5.79. The number of hydrogen-bond donors (Lipinski definition) is 8. The molecule has 0 saturated heterocycles. The van der Waals surface area contributed by atoms with Gasteiger partial charge in [-0.25, -0.2) is 4.79 Å². The first-order valence-electron chi connectivity index (χ1n) is 12.6. The second kappa shape index (κ2) is 17.5. The van der Waals surface area contributed by atoms with Crippen molar-refractivity contribution in [2.24, 2.45) is 17.2 Å². The number of nitrogens with one attached hydrogen (secondary N) is 3. The number of unbranched alkanes of at least 4 members (excludes halogenated alkanes) is 1. The average molecular weight is 551 g/mol. The summed E-state index contributed by atoms with van der Waals surface area (Å²) in [5, 5.41) is 25.6. The highest BCUT2D eigenvalue weighted by Crippen LogP contribution is 2.08. The molecule has 0 aliphatic heterocycles. The van der Waals surface area contributed by atoms with Gasteiger partial charge in [0.15, 0.2) is 0 Å². The molecule has 0 aliphatic carbocycles. The Labute approximate surface area is 226 Å². The van der Waals surface area contributed by atoms with Crippen molar-refractivity contribution in [3.63, 3.8) is 0 Å². The Morgan fingerprint density at radius 2 is 1.28 bits per heavy atom. The number of carboxylic acid groups (broad SMARTS) is 2. The summed E-state index contributed by atoms with van der Waals surface area (Å²) in [6.45, 7) is 0.349. The van der Waals surface area contributed by atoms with E-state index >= 15 is 0 Å². The zero-order valence-electron chi connectivity index (χ0n) is 21.6. The molecule has 0 bridgehead atoms. The summed E-state index contributed by atoms with van der Waals surface area (Å²) in [4.78, 5) is 72.4. The van der Waals surface area contributed by atoms with E-state index in [1.54, 1.807) is 24.3 Å². The number of amides is 4. The number of rotatable bonds is 19. The third kappa shape index (κ3) is 13.4. The lowest BCUT2D eigenvalue weighted by Gasteiger charge is -2.25. The van der Waals surface area contributed by atoms with Gasteiger partial charge in [-0.2, -0.15) is 0 Å². The van der Waals surface area contributed by atoms with E-state index < -0.39 is 66.2 Å². The molecule has 0 saturated carbocycles. The molecule has 4 amide bonds. The third-order valence-electron chi connectivity index (χ3n) is 5.79. The molecule has 1 aromatic rings. The molecule has 14 heteroatoms. The van der Waals surface area contributed by atoms with Gasteiger partial charge in [-0.3, -0.25) is 24.0 Å². The highest BCUT2D eigenvalue weighted by molar-refractivity contribution is 5.94. The minimum atomic E-state index is -1.50. The molecule has 14 nitrogen and oxygen atoms in total. The Hall–Kier alpha value is -4.04. The molecular weight excluding hydrogens is 512 g/mol. The third-order valence-corrected chi connectivity index (χ3v) is 5.79. The number of carbonyl (C=O) groups is 6. The number of carboxylic acids is 2. The molecule has 0 radical (unpaired) electrons. The Bertz CT molecular complexity index is 990. The average Bonchev–Trinajstić information content (AvgIpc) is 2.88. The van der Waals surface area contributed by atoms with Crippen molar-refractivity contribution < 1.29 is 39.0 Å². The SMILES string of the molecule is NCCCCC(NC(=O)C(N)Cc1ccccc1)C(=O)NC(CCC(=O)O)C(=O)NC(CCC(N)=O)C(=O)O. The minimum Gasteiger partial charge on any atom is -0.481 e. The fourth-order valence-electron chi connectivity index (χ4n) is 3.63. The summed E-state index contributed by atoms with van der Waals surface area (Å²) in [6.07, 6.45) is -0.0852. The fourth-order valence-corrected chi connectivity index (χ4v) is 3.63. The molecule has 1 rings (SSSR count). The van der Waals surface area contributed by atoms with E-state index in [0.29, 0.717) is 19.4 Å². The lowest BCUT2D eigenvalue weighted by molar-refractivity contribution is -0.143. The first kappa shape index (κ1) is 33.0. The summed E-state index contributed by atoms with van der Waals surface area (Å²) in [7, 11) is 0. The Balaban J connectivity index is 3.00. The van der Waals surface area contributed by atoms with Crippen molar-refractivity contribution in [1.82, 2.24) is 16.0 Å². The number of carbonyl (C=O) groups excluding carboxylic acids is 4. The van der Waals surface area contributed by atoms with Gasteiger partial charge in [0.1, 0.15) is 18.1 Å². The van der Waals surface area contributed by atoms with Gasteiger partial charge in [0, 0.05) is 12.8 Å². The van der Waals surface area contributed by atoms with Crippen LogP contribution >= 0.6 is 0 Å². The van der Waals surface area contributed by atoms with E-state index in [9.17, 15) is 33.9 Å². The normalized spacial score (nSPS) is 13.8. The number of hydrogen-bond acceptors (Lipinski definition) is 8. The summed E-state index contributed by atoms with van der Waals surface area (Å²) >= 11 is 0. The van der Waals surface area contributed by atoms with Gasteiger partial charge in [-0.15, -0.1) is 0 Å². The molecule has 0 aromatic heterocycles. The second-order valence-corrected chi connectivity index (χ2v) is 9.04. The van der Waals surface area contributed by atoms with Crippen molar-refractivity contribution in [2.45, 2.75) is 75.5 Å². The van der Waals surface area contributed by atoms with Gasteiger partial charge >= 0.3 is 11.9 Å². The first-order valence-corrected chi connectivity index (χ1v) is 12.6. The highest BCUT2D eigenvalue weighted by atomic mass is 16.4. The predicted molar refractivity (Wildman–Crippen MR) is 140 cm³/mol. The fraction of sp³-hybridized carbons (Fsp3) is 0.520. The van der Waals surface area contributed by atoms with Crippen LogP contribution in [0.15, 0.2) is 30.3 Å². The molecule has 4 atom stereocenters. The summed E-state index contributed by atoms with van der Waals surface area (Å²) in [5.41, 5.74) is 17.4. The van der Waals surface area contributed by atoms with Crippen LogP contribution in [0.25, 0.3) is 0 Å². The smallest absolute Gasteiger partial charge is 0.326 e. The van der Waals surface area contributed by atoms with Crippen LogP contribution in [0.2, 0.25) is 0 Å². The predicted octanol–water partition coefficient (Wildman–Crippen LogP) is -1.65. The highest BCUT2D eigenvalue weighted by Gasteiger charge is 2.30. The molecule has 11 N–H and O–H groups in total. The van der Waals surface area contributed by atoms with Gasteiger partial charge < -0.3 is 43.4 Å². The van der Waals surface area contributed by atoms with E-state index in [-0.39, 0.29) is 32.1 Å². The van der Waals surface area contributed by atoms with Gasteiger partial charge in [0.05, 0.1) is 6.04 Å². The van der Waals surface area contributed by atoms with Crippen LogP contribution in [0.4, 0.5) is 0 Å². The Kier molecular flexibility index (Phi) is 14.8. The molecule has 39 heavy (non-hydrogen) atoms. The molecule has 0 aliphatic rings. The van der Waals surface area contributed by atoms with Gasteiger partial charge in [0.25, 0.3) is 0 Å². The van der Waals surface area contributed by atoms with Crippen LogP contribution < -0.4 is 33.2 Å². The minimum absolute atomic E-state index is 0.163. The van der Waals surface area contributed by atoms with E-state index in [2.05, 4.69) is 16.0 Å². The maximum absolute atomic E-state index is 13.1. The van der Waals surface area contributed by atoms with Crippen molar-refractivity contribution in [2.75, 3.05) is 6.54 Å². The van der Waals surface area contributed by atoms with E-state index in [1.807, 2.05) is 6.07 Å². The molecule has 0 heterocycles. The second-order valence-electron chi connectivity index (χ2n) is 9.04. The van der Waals surface area contributed by atoms with Crippen LogP contribution in [0.1, 0.15) is 50.5 Å². The van der Waals surface area contributed by atoms with Crippen LogP contribution in [0, 0.1) is 0 Å². The van der Waals surface area contributed by atoms with Crippen molar-refractivity contribution in [3.8, 4) is 0 Å². The maximum Gasteiger partial charge on any atom is 0.326 e. The standard InChI is InChI=1S/C25H38N6O8/c26-13-5-4-8-17(29-22(35)16(27)14-15-6-2-1-3-7-15)23(36)30-18(10-12-21(33)34)24(37)31-19(25(38)39)9-11-20(28)32/h1-3,6-7,16-19H,4-5,8-14,26-27H2,(H2,28,32)(H,29,35)(H,30,36)(H,31,37)(H,33,34)(H,38,39). The molecule has 4 unspecified atom stereocenters. The van der Waals surface area contributed by atoms with Gasteiger partial charge in [0.2, 0.25) is 23.6 Å². The summed E-state index contributed by atoms with van der Waals surface area (Å²) < 4.78 is 0. The zero-order chi connectivity index (χ0) is 29.4. The van der Waals surface area contributed by atoms with Crippen LogP contribution in [0.3, 0.4) is 0 Å². The lowest BCUT2D eigenvalue weighted by Crippen LogP contribution is -2.57. The van der Waals surface area contributed by atoms with Gasteiger partial charge in [-0.1, -0.05) is 30.3 Å². The lowest BCUT2D eigenvalue weighted by atomic mass is 10.0. The van der Waals surface area contributed by atoms with E-state index in [4.69, 9.17) is 22.3 Å². The van der Waals surface area contributed by atoms with Crippen molar-refractivity contribution in [3.05, 3.63) is 35.9 Å².